The van der Waals surface area contributed by atoms with E-state index in [1.54, 1.807) is 24.4 Å². The second kappa shape index (κ2) is 10.6. The summed E-state index contributed by atoms with van der Waals surface area (Å²) < 4.78 is 17.3. The lowest BCUT2D eigenvalue weighted by molar-refractivity contribution is 0.0952. The Labute approximate surface area is 167 Å². The van der Waals surface area contributed by atoms with E-state index in [9.17, 15) is 4.79 Å². The zero-order valence-corrected chi connectivity index (χ0v) is 17.2. The molecule has 0 heterocycles. The summed E-state index contributed by atoms with van der Waals surface area (Å²) in [5.41, 5.74) is 3.68. The minimum Gasteiger partial charge on any atom is -0.496 e. The van der Waals surface area contributed by atoms with Crippen LogP contribution in [0, 0.1) is 0 Å². The van der Waals surface area contributed by atoms with Crippen LogP contribution in [0.3, 0.4) is 0 Å². The largest absolute Gasteiger partial charge is 0.496 e. The first-order valence-electron chi connectivity index (χ1n) is 8.65. The molecule has 144 valence electrons. The number of methoxy groups -OCH3 is 1. The van der Waals surface area contributed by atoms with Gasteiger partial charge in [-0.3, -0.25) is 4.79 Å². The fourth-order valence-corrected chi connectivity index (χ4v) is 2.65. The van der Waals surface area contributed by atoms with E-state index in [0.29, 0.717) is 36.0 Å². The molecule has 0 spiro atoms. The van der Waals surface area contributed by atoms with Crippen LogP contribution in [0.1, 0.15) is 36.2 Å². The summed E-state index contributed by atoms with van der Waals surface area (Å²) in [5.74, 6) is 1.45. The molecule has 0 atom stereocenters. The van der Waals surface area contributed by atoms with Crippen LogP contribution in [0.5, 0.6) is 17.2 Å². The summed E-state index contributed by atoms with van der Waals surface area (Å²) in [7, 11) is 1.51. The van der Waals surface area contributed by atoms with Crippen molar-refractivity contribution in [3.63, 3.8) is 0 Å². The van der Waals surface area contributed by atoms with E-state index in [4.69, 9.17) is 14.2 Å². The average molecular weight is 435 g/mol. The summed E-state index contributed by atoms with van der Waals surface area (Å²) in [6.07, 6.45) is 2.47. The van der Waals surface area contributed by atoms with Crippen LogP contribution >= 0.6 is 15.9 Å². The lowest BCUT2D eigenvalue weighted by Crippen LogP contribution is -2.18. The number of hydrogen-bond donors (Lipinski definition) is 1. The number of ether oxygens (including phenoxy) is 3. The van der Waals surface area contributed by atoms with Gasteiger partial charge in [-0.05, 0) is 55.3 Å². The topological polar surface area (TPSA) is 69.2 Å². The summed E-state index contributed by atoms with van der Waals surface area (Å²) in [4.78, 5) is 12.3. The Morgan fingerprint density at radius 3 is 2.59 bits per heavy atom. The molecule has 1 amide bonds. The van der Waals surface area contributed by atoms with Gasteiger partial charge in [0.05, 0.1) is 32.1 Å². The summed E-state index contributed by atoms with van der Waals surface area (Å²) in [6, 6.07) is 10.7. The summed E-state index contributed by atoms with van der Waals surface area (Å²) in [5, 5.41) is 4.02. The molecule has 2 rings (SSSR count). The predicted octanol–water partition coefficient (Wildman–Crippen LogP) is 4.41. The fourth-order valence-electron chi connectivity index (χ4n) is 2.29. The van der Waals surface area contributed by atoms with Crippen molar-refractivity contribution in [3.05, 3.63) is 52.0 Å². The number of hydrogen-bond acceptors (Lipinski definition) is 5. The maximum atomic E-state index is 12.3. The molecule has 0 aromatic heterocycles. The number of hydrazone groups is 1. The number of halogens is 1. The van der Waals surface area contributed by atoms with E-state index in [1.807, 2.05) is 32.0 Å². The van der Waals surface area contributed by atoms with Gasteiger partial charge >= 0.3 is 0 Å². The van der Waals surface area contributed by atoms with Crippen LogP contribution in [0.2, 0.25) is 0 Å². The van der Waals surface area contributed by atoms with Crippen LogP contribution in [0.25, 0.3) is 0 Å². The van der Waals surface area contributed by atoms with Crippen molar-refractivity contribution in [2.24, 2.45) is 5.10 Å². The SMILES string of the molecule is CCCOc1ccc(/C=N\NC(=O)c2cc(Br)ccc2OC)cc1OCC. The highest BCUT2D eigenvalue weighted by Gasteiger charge is 2.12. The van der Waals surface area contributed by atoms with Gasteiger partial charge in [-0.15, -0.1) is 0 Å². The molecule has 0 fully saturated rings. The van der Waals surface area contributed by atoms with E-state index in [-0.39, 0.29) is 5.91 Å². The van der Waals surface area contributed by atoms with Gasteiger partial charge in [0.25, 0.3) is 5.91 Å². The van der Waals surface area contributed by atoms with E-state index in [1.165, 1.54) is 7.11 Å². The number of nitrogens with zero attached hydrogens (tertiary/aromatic N) is 1. The molecule has 0 bridgehead atoms. The third-order valence-corrected chi connectivity index (χ3v) is 4.01. The second-order valence-corrected chi connectivity index (χ2v) is 6.45. The zero-order chi connectivity index (χ0) is 19.6. The van der Waals surface area contributed by atoms with E-state index in [0.717, 1.165) is 16.5 Å². The number of benzene rings is 2. The van der Waals surface area contributed by atoms with Gasteiger partial charge in [0.15, 0.2) is 11.5 Å². The fraction of sp³-hybridized carbons (Fsp3) is 0.300. The molecule has 0 aliphatic heterocycles. The highest BCUT2D eigenvalue weighted by atomic mass is 79.9. The molecule has 27 heavy (non-hydrogen) atoms. The highest BCUT2D eigenvalue weighted by molar-refractivity contribution is 9.10. The lowest BCUT2D eigenvalue weighted by Gasteiger charge is -2.11. The quantitative estimate of drug-likeness (QED) is 0.468. The molecule has 0 aliphatic carbocycles. The Kier molecular flexibility index (Phi) is 8.13. The van der Waals surface area contributed by atoms with Crippen molar-refractivity contribution >= 4 is 28.1 Å². The minimum atomic E-state index is -0.364. The van der Waals surface area contributed by atoms with Gasteiger partial charge in [-0.2, -0.15) is 5.10 Å². The molecule has 0 saturated heterocycles. The van der Waals surface area contributed by atoms with Crippen molar-refractivity contribution < 1.29 is 19.0 Å². The van der Waals surface area contributed by atoms with Crippen LogP contribution in [-0.2, 0) is 0 Å². The monoisotopic (exact) mass is 434 g/mol. The smallest absolute Gasteiger partial charge is 0.275 e. The van der Waals surface area contributed by atoms with Gasteiger partial charge < -0.3 is 14.2 Å². The molecule has 2 aromatic rings. The molecule has 7 heteroatoms. The molecule has 1 N–H and O–H groups in total. The van der Waals surface area contributed by atoms with Crippen molar-refractivity contribution in [2.75, 3.05) is 20.3 Å². The van der Waals surface area contributed by atoms with Gasteiger partial charge in [-0.1, -0.05) is 22.9 Å². The first-order chi connectivity index (χ1) is 13.1. The highest BCUT2D eigenvalue weighted by Crippen LogP contribution is 2.28. The average Bonchev–Trinajstić information content (AvgIpc) is 2.67. The maximum Gasteiger partial charge on any atom is 0.275 e. The number of rotatable bonds is 9. The molecule has 0 unspecified atom stereocenters. The summed E-state index contributed by atoms with van der Waals surface area (Å²) in [6.45, 7) is 5.11. The first kappa shape index (κ1) is 20.8. The van der Waals surface area contributed by atoms with Crippen LogP contribution in [0.4, 0.5) is 0 Å². The van der Waals surface area contributed by atoms with Gasteiger partial charge in [0.1, 0.15) is 5.75 Å². The van der Waals surface area contributed by atoms with Crippen molar-refractivity contribution in [2.45, 2.75) is 20.3 Å². The Morgan fingerprint density at radius 2 is 1.89 bits per heavy atom. The molecule has 0 saturated carbocycles. The molecule has 2 aromatic carbocycles. The Hall–Kier alpha value is -2.54. The van der Waals surface area contributed by atoms with Gasteiger partial charge in [0, 0.05) is 4.47 Å². The molecular weight excluding hydrogens is 412 g/mol. The lowest BCUT2D eigenvalue weighted by atomic mass is 10.2. The van der Waals surface area contributed by atoms with Crippen LogP contribution in [-0.4, -0.2) is 32.4 Å². The Bertz CT molecular complexity index is 809. The maximum absolute atomic E-state index is 12.3. The van der Waals surface area contributed by atoms with Gasteiger partial charge in [-0.25, -0.2) is 5.43 Å². The van der Waals surface area contributed by atoms with Gasteiger partial charge in [0.2, 0.25) is 0 Å². The number of carbonyl (C=O) groups is 1. The van der Waals surface area contributed by atoms with Crippen molar-refractivity contribution in [1.29, 1.82) is 0 Å². The van der Waals surface area contributed by atoms with E-state index in [2.05, 4.69) is 26.5 Å². The van der Waals surface area contributed by atoms with Crippen molar-refractivity contribution in [3.8, 4) is 17.2 Å². The van der Waals surface area contributed by atoms with Crippen LogP contribution in [0.15, 0.2) is 46.0 Å². The van der Waals surface area contributed by atoms with E-state index >= 15 is 0 Å². The standard InChI is InChI=1S/C20H23BrN2O4/c1-4-10-27-18-8-6-14(11-19(18)26-5-2)13-22-23-20(24)16-12-15(21)7-9-17(16)25-3/h6-9,11-13H,4-5,10H2,1-3H3,(H,23,24)/b22-13-. The number of amides is 1. The van der Waals surface area contributed by atoms with Crippen molar-refractivity contribution in [1.82, 2.24) is 5.43 Å². The third kappa shape index (κ3) is 5.99. The molecule has 0 radical (unpaired) electrons. The predicted molar refractivity (Wildman–Crippen MR) is 109 cm³/mol. The number of carbonyl (C=O) groups excluding carboxylic acids is 1. The first-order valence-corrected chi connectivity index (χ1v) is 9.44. The number of nitrogens with one attached hydrogen (secondary N) is 1. The molecule has 6 nitrogen and oxygen atoms in total. The Balaban J connectivity index is 2.10. The molecule has 0 aliphatic rings. The Morgan fingerprint density at radius 1 is 1.11 bits per heavy atom. The third-order valence-electron chi connectivity index (χ3n) is 3.52. The second-order valence-electron chi connectivity index (χ2n) is 5.53. The summed E-state index contributed by atoms with van der Waals surface area (Å²) >= 11 is 3.35. The minimum absolute atomic E-state index is 0.364. The molecular formula is C20H23BrN2O4. The normalized spacial score (nSPS) is 10.7. The van der Waals surface area contributed by atoms with E-state index < -0.39 is 0 Å². The zero-order valence-electron chi connectivity index (χ0n) is 15.6. The van der Waals surface area contributed by atoms with Crippen LogP contribution < -0.4 is 19.6 Å².